The summed E-state index contributed by atoms with van der Waals surface area (Å²) in [6, 6.07) is 5.29. The van der Waals surface area contributed by atoms with Gasteiger partial charge < -0.3 is 10.1 Å². The second-order valence-corrected chi connectivity index (χ2v) is 5.95. The normalized spacial score (nSPS) is 13.7. The van der Waals surface area contributed by atoms with Crippen LogP contribution in [-0.2, 0) is 9.53 Å². The second-order valence-electron chi connectivity index (χ2n) is 5.06. The van der Waals surface area contributed by atoms with E-state index in [4.69, 9.17) is 4.74 Å². The van der Waals surface area contributed by atoms with Gasteiger partial charge in [-0.15, -0.1) is 11.3 Å². The average Bonchev–Trinajstić information content (AvgIpc) is 2.93. The molecule has 2 rings (SSSR count). The standard InChI is InChI=1S/C15H18N2O3S/c1-4-7-15(2,14(19)20-3)17-13(18)10-5-6-11-12(8-10)21-9-16-11/h5-6,8-9H,4,7H2,1-3H3,(H,17,18). The van der Waals surface area contributed by atoms with Gasteiger partial charge in [0, 0.05) is 5.56 Å². The third-order valence-corrected chi connectivity index (χ3v) is 4.16. The highest BCUT2D eigenvalue weighted by atomic mass is 32.1. The van der Waals surface area contributed by atoms with E-state index in [1.54, 1.807) is 30.6 Å². The highest BCUT2D eigenvalue weighted by Crippen LogP contribution is 2.20. The summed E-state index contributed by atoms with van der Waals surface area (Å²) >= 11 is 1.48. The number of fused-ring (bicyclic) bond motifs is 1. The van der Waals surface area contributed by atoms with Crippen molar-refractivity contribution in [3.05, 3.63) is 29.3 Å². The highest BCUT2D eigenvalue weighted by molar-refractivity contribution is 7.16. The summed E-state index contributed by atoms with van der Waals surface area (Å²) in [7, 11) is 1.33. The van der Waals surface area contributed by atoms with Crippen molar-refractivity contribution in [3.8, 4) is 0 Å². The number of nitrogens with zero attached hydrogens (tertiary/aromatic N) is 1. The van der Waals surface area contributed by atoms with Gasteiger partial charge in [-0.1, -0.05) is 13.3 Å². The number of rotatable bonds is 5. The minimum atomic E-state index is -1.01. The number of carbonyl (C=O) groups excluding carboxylic acids is 2. The SMILES string of the molecule is CCCC(C)(NC(=O)c1ccc2ncsc2c1)C(=O)OC. The lowest BCUT2D eigenvalue weighted by Gasteiger charge is -2.27. The van der Waals surface area contributed by atoms with E-state index in [0.717, 1.165) is 16.6 Å². The number of hydrogen-bond donors (Lipinski definition) is 1. The number of amides is 1. The minimum Gasteiger partial charge on any atom is -0.467 e. The van der Waals surface area contributed by atoms with Crippen LogP contribution in [0.25, 0.3) is 10.2 Å². The Morgan fingerprint density at radius 2 is 2.19 bits per heavy atom. The Balaban J connectivity index is 2.23. The van der Waals surface area contributed by atoms with Crippen LogP contribution < -0.4 is 5.32 Å². The van der Waals surface area contributed by atoms with Gasteiger partial charge in [0.15, 0.2) is 0 Å². The molecule has 0 radical (unpaired) electrons. The lowest BCUT2D eigenvalue weighted by atomic mass is 9.95. The molecule has 21 heavy (non-hydrogen) atoms. The van der Waals surface area contributed by atoms with Gasteiger partial charge in [0.05, 0.1) is 22.8 Å². The number of aromatic nitrogens is 1. The number of ether oxygens (including phenoxy) is 1. The Kier molecular flexibility index (Phi) is 4.57. The van der Waals surface area contributed by atoms with Gasteiger partial charge in [0.1, 0.15) is 5.54 Å². The maximum atomic E-state index is 12.4. The summed E-state index contributed by atoms with van der Waals surface area (Å²) < 4.78 is 5.74. The van der Waals surface area contributed by atoms with Crippen LogP contribution in [-0.4, -0.2) is 29.5 Å². The third-order valence-electron chi connectivity index (χ3n) is 3.37. The van der Waals surface area contributed by atoms with Gasteiger partial charge in [0.2, 0.25) is 0 Å². The molecule has 2 aromatic rings. The zero-order chi connectivity index (χ0) is 15.5. The first-order chi connectivity index (χ1) is 10.00. The number of hydrogen-bond acceptors (Lipinski definition) is 5. The Hall–Kier alpha value is -1.95. The van der Waals surface area contributed by atoms with Crippen LogP contribution in [0.3, 0.4) is 0 Å². The fourth-order valence-corrected chi connectivity index (χ4v) is 2.98. The van der Waals surface area contributed by atoms with Gasteiger partial charge >= 0.3 is 5.97 Å². The van der Waals surface area contributed by atoms with Gasteiger partial charge in [-0.3, -0.25) is 4.79 Å². The summed E-state index contributed by atoms with van der Waals surface area (Å²) in [5.74, 6) is -0.719. The average molecular weight is 306 g/mol. The van der Waals surface area contributed by atoms with Gasteiger partial charge in [0.25, 0.3) is 5.91 Å². The molecule has 0 aliphatic rings. The van der Waals surface area contributed by atoms with Crippen LogP contribution >= 0.6 is 11.3 Å². The monoisotopic (exact) mass is 306 g/mol. The third kappa shape index (κ3) is 3.21. The smallest absolute Gasteiger partial charge is 0.331 e. The maximum Gasteiger partial charge on any atom is 0.331 e. The highest BCUT2D eigenvalue weighted by Gasteiger charge is 2.35. The lowest BCUT2D eigenvalue weighted by Crippen LogP contribution is -2.52. The largest absolute Gasteiger partial charge is 0.467 e. The van der Waals surface area contributed by atoms with Crippen molar-refractivity contribution < 1.29 is 14.3 Å². The first-order valence-electron chi connectivity index (χ1n) is 6.74. The number of carbonyl (C=O) groups is 2. The first-order valence-corrected chi connectivity index (χ1v) is 7.62. The van der Waals surface area contributed by atoms with Gasteiger partial charge in [-0.2, -0.15) is 0 Å². The summed E-state index contributed by atoms with van der Waals surface area (Å²) in [6.07, 6.45) is 1.29. The van der Waals surface area contributed by atoms with Crippen molar-refractivity contribution in [2.75, 3.05) is 7.11 Å². The molecule has 1 heterocycles. The quantitative estimate of drug-likeness (QED) is 0.862. The molecule has 1 N–H and O–H groups in total. The first kappa shape index (κ1) is 15.4. The summed E-state index contributed by atoms with van der Waals surface area (Å²) in [4.78, 5) is 28.5. The van der Waals surface area contributed by atoms with E-state index in [1.165, 1.54) is 18.4 Å². The fourth-order valence-electron chi connectivity index (χ4n) is 2.26. The molecule has 0 spiro atoms. The molecule has 0 bridgehead atoms. The molecule has 0 fully saturated rings. The number of thiazole rings is 1. The minimum absolute atomic E-state index is 0.286. The summed E-state index contributed by atoms with van der Waals surface area (Å²) in [5, 5.41) is 2.79. The molecule has 1 atom stereocenters. The predicted molar refractivity (Wildman–Crippen MR) is 82.4 cm³/mol. The van der Waals surface area contributed by atoms with Crippen molar-refractivity contribution in [2.45, 2.75) is 32.2 Å². The molecule has 1 unspecified atom stereocenters. The fraction of sp³-hybridized carbons (Fsp3) is 0.400. The zero-order valence-electron chi connectivity index (χ0n) is 12.3. The molecular weight excluding hydrogens is 288 g/mol. The number of benzene rings is 1. The van der Waals surface area contributed by atoms with Crippen LogP contribution in [0, 0.1) is 0 Å². The molecule has 0 saturated heterocycles. The van der Waals surface area contributed by atoms with E-state index < -0.39 is 11.5 Å². The molecular formula is C15H18N2O3S. The van der Waals surface area contributed by atoms with Crippen molar-refractivity contribution in [1.29, 1.82) is 0 Å². The molecule has 112 valence electrons. The molecule has 1 amide bonds. The zero-order valence-corrected chi connectivity index (χ0v) is 13.1. The van der Waals surface area contributed by atoms with E-state index >= 15 is 0 Å². The second kappa shape index (κ2) is 6.22. The van der Waals surface area contributed by atoms with Crippen molar-refractivity contribution in [2.24, 2.45) is 0 Å². The van der Waals surface area contributed by atoms with Crippen molar-refractivity contribution in [1.82, 2.24) is 10.3 Å². The van der Waals surface area contributed by atoms with E-state index in [2.05, 4.69) is 10.3 Å². The van der Waals surface area contributed by atoms with E-state index in [0.29, 0.717) is 12.0 Å². The van der Waals surface area contributed by atoms with E-state index in [-0.39, 0.29) is 5.91 Å². The van der Waals surface area contributed by atoms with Gasteiger partial charge in [-0.25, -0.2) is 9.78 Å². The summed E-state index contributed by atoms with van der Waals surface area (Å²) in [5.41, 5.74) is 2.10. The molecule has 0 saturated carbocycles. The molecule has 5 nitrogen and oxygen atoms in total. The predicted octanol–water partition coefficient (Wildman–Crippen LogP) is 2.76. The molecule has 6 heteroatoms. The molecule has 0 aliphatic heterocycles. The Morgan fingerprint density at radius 1 is 1.43 bits per heavy atom. The van der Waals surface area contributed by atoms with Crippen LogP contribution in [0.4, 0.5) is 0 Å². The molecule has 0 aliphatic carbocycles. The Labute approximate surface area is 127 Å². The topological polar surface area (TPSA) is 68.3 Å². The van der Waals surface area contributed by atoms with Gasteiger partial charge in [-0.05, 0) is 31.5 Å². The molecule has 1 aromatic carbocycles. The van der Waals surface area contributed by atoms with E-state index in [1.807, 2.05) is 6.92 Å². The number of esters is 1. The number of nitrogens with one attached hydrogen (secondary N) is 1. The van der Waals surface area contributed by atoms with Crippen LogP contribution in [0.2, 0.25) is 0 Å². The summed E-state index contributed by atoms with van der Waals surface area (Å²) in [6.45, 7) is 3.64. The molecule has 1 aromatic heterocycles. The van der Waals surface area contributed by atoms with Crippen molar-refractivity contribution in [3.63, 3.8) is 0 Å². The Morgan fingerprint density at radius 3 is 2.86 bits per heavy atom. The van der Waals surface area contributed by atoms with Crippen molar-refractivity contribution >= 4 is 33.4 Å². The lowest BCUT2D eigenvalue weighted by molar-refractivity contribution is -0.147. The van der Waals surface area contributed by atoms with Crippen LogP contribution in [0.5, 0.6) is 0 Å². The maximum absolute atomic E-state index is 12.4. The number of methoxy groups -OCH3 is 1. The van der Waals surface area contributed by atoms with Crippen LogP contribution in [0.1, 0.15) is 37.0 Å². The Bertz CT molecular complexity index is 668. The van der Waals surface area contributed by atoms with E-state index in [9.17, 15) is 9.59 Å². The van der Waals surface area contributed by atoms with Crippen LogP contribution in [0.15, 0.2) is 23.7 Å².